The van der Waals surface area contributed by atoms with Crippen LogP contribution in [-0.4, -0.2) is 92.5 Å². The van der Waals surface area contributed by atoms with Crippen molar-refractivity contribution in [3.63, 3.8) is 0 Å². The van der Waals surface area contributed by atoms with Crippen LogP contribution < -0.4 is 10.2 Å². The molecule has 1 aliphatic rings. The Kier molecular flexibility index (Phi) is 8.80. The van der Waals surface area contributed by atoms with Crippen LogP contribution in [0.3, 0.4) is 0 Å². The minimum atomic E-state index is -4.13. The van der Waals surface area contributed by atoms with Crippen LogP contribution in [-0.2, 0) is 19.6 Å². The molecule has 1 saturated heterocycles. The number of benzene rings is 1. The van der Waals surface area contributed by atoms with Crippen molar-refractivity contribution < 1.29 is 28.0 Å². The average molecular weight is 457 g/mol. The Morgan fingerprint density at radius 3 is 2.23 bits per heavy atom. The molecule has 1 fully saturated rings. The summed E-state index contributed by atoms with van der Waals surface area (Å²) in [5.41, 5.74) is 1.56. The highest BCUT2D eigenvalue weighted by Gasteiger charge is 2.38. The fourth-order valence-corrected chi connectivity index (χ4v) is 5.26. The smallest absolute Gasteiger partial charge is 0.262 e. The molecule has 1 heterocycles. The summed E-state index contributed by atoms with van der Waals surface area (Å²) >= 11 is 0. The first-order valence-electron chi connectivity index (χ1n) is 10.2. The van der Waals surface area contributed by atoms with E-state index in [1.165, 1.54) is 31.4 Å². The van der Waals surface area contributed by atoms with Crippen molar-refractivity contribution in [3.05, 3.63) is 24.3 Å². The monoisotopic (exact) mass is 456 g/mol. The highest BCUT2D eigenvalue weighted by atomic mass is 32.2. The van der Waals surface area contributed by atoms with Gasteiger partial charge in [0.15, 0.2) is 0 Å². The molecule has 1 aromatic rings. The summed E-state index contributed by atoms with van der Waals surface area (Å²) in [7, 11) is -0.683. The standard InChI is InChI=1S/C20H32N4O6S/c1-15(2)19(20(26)21-27)24(10-9-18(25)23-13-11-22(3)12-14-23)31(28,29)17-7-5-16(30-4)6-8-17/h5-8,15,19,27H,9-14H2,1-4H3,(H,21,26). The maximum atomic E-state index is 13.4. The number of carbonyl (C=O) groups is 2. The quantitative estimate of drug-likeness (QED) is 0.407. The van der Waals surface area contributed by atoms with E-state index < -0.39 is 27.9 Å². The second-order valence-corrected chi connectivity index (χ2v) is 9.78. The van der Waals surface area contributed by atoms with Crippen LogP contribution >= 0.6 is 0 Å². The van der Waals surface area contributed by atoms with Gasteiger partial charge in [-0.25, -0.2) is 13.9 Å². The summed E-state index contributed by atoms with van der Waals surface area (Å²) < 4.78 is 32.9. The van der Waals surface area contributed by atoms with E-state index in [4.69, 9.17) is 4.74 Å². The number of hydroxylamine groups is 1. The third kappa shape index (κ3) is 6.16. The zero-order valence-electron chi connectivity index (χ0n) is 18.4. The molecular formula is C20H32N4O6S. The summed E-state index contributed by atoms with van der Waals surface area (Å²) in [5, 5.41) is 9.20. The first kappa shape index (κ1) is 25.1. The molecule has 0 bridgehead atoms. The highest BCUT2D eigenvalue weighted by Crippen LogP contribution is 2.25. The van der Waals surface area contributed by atoms with Crippen LogP contribution in [0.4, 0.5) is 0 Å². The van der Waals surface area contributed by atoms with Crippen LogP contribution in [0.2, 0.25) is 0 Å². The van der Waals surface area contributed by atoms with Crippen molar-refractivity contribution in [3.8, 4) is 5.75 Å². The van der Waals surface area contributed by atoms with Crippen molar-refractivity contribution in [1.82, 2.24) is 19.6 Å². The normalized spacial score (nSPS) is 16.4. The zero-order chi connectivity index (χ0) is 23.2. The zero-order valence-corrected chi connectivity index (χ0v) is 19.3. The number of amides is 2. The Morgan fingerprint density at radius 2 is 1.74 bits per heavy atom. The molecular weight excluding hydrogens is 424 g/mol. The molecule has 10 nitrogen and oxygen atoms in total. The van der Waals surface area contributed by atoms with Gasteiger partial charge in [0.2, 0.25) is 15.9 Å². The number of hydrogen-bond donors (Lipinski definition) is 2. The fourth-order valence-electron chi connectivity index (χ4n) is 3.54. The number of methoxy groups -OCH3 is 1. The summed E-state index contributed by atoms with van der Waals surface area (Å²) in [6.07, 6.45) is -0.0684. The summed E-state index contributed by atoms with van der Waals surface area (Å²) in [5.74, 6) is -0.975. The van der Waals surface area contributed by atoms with E-state index in [9.17, 15) is 23.2 Å². The number of piperazine rings is 1. The topological polar surface area (TPSA) is 119 Å². The van der Waals surface area contributed by atoms with Crippen LogP contribution in [0.15, 0.2) is 29.2 Å². The minimum absolute atomic E-state index is 0.0308. The average Bonchev–Trinajstić information content (AvgIpc) is 2.75. The summed E-state index contributed by atoms with van der Waals surface area (Å²) in [4.78, 5) is 28.9. The van der Waals surface area contributed by atoms with E-state index in [2.05, 4.69) is 4.90 Å². The van der Waals surface area contributed by atoms with Crippen LogP contribution in [0.1, 0.15) is 20.3 Å². The minimum Gasteiger partial charge on any atom is -0.497 e. The second kappa shape index (κ2) is 10.9. The third-order valence-corrected chi connectivity index (χ3v) is 7.28. The van der Waals surface area contributed by atoms with Gasteiger partial charge in [0.1, 0.15) is 11.8 Å². The van der Waals surface area contributed by atoms with E-state index in [1.54, 1.807) is 24.2 Å². The molecule has 2 N–H and O–H groups in total. The lowest BCUT2D eigenvalue weighted by molar-refractivity contribution is -0.136. The van der Waals surface area contributed by atoms with Gasteiger partial charge in [0, 0.05) is 39.1 Å². The van der Waals surface area contributed by atoms with Crippen molar-refractivity contribution in [1.29, 1.82) is 0 Å². The Hall–Kier alpha value is -2.21. The highest BCUT2D eigenvalue weighted by molar-refractivity contribution is 7.89. The number of nitrogens with one attached hydrogen (secondary N) is 1. The second-order valence-electron chi connectivity index (χ2n) is 7.89. The Labute approximate surface area is 183 Å². The lowest BCUT2D eigenvalue weighted by atomic mass is 10.0. The molecule has 0 spiro atoms. The van der Waals surface area contributed by atoms with Gasteiger partial charge in [-0.2, -0.15) is 4.31 Å². The van der Waals surface area contributed by atoms with Crippen LogP contribution in [0.5, 0.6) is 5.75 Å². The number of likely N-dealkylation sites (N-methyl/N-ethyl adjacent to an activating group) is 1. The molecule has 1 aromatic carbocycles. The number of rotatable bonds is 9. The molecule has 1 atom stereocenters. The molecule has 0 aliphatic carbocycles. The lowest BCUT2D eigenvalue weighted by Gasteiger charge is -2.34. The molecule has 2 amide bonds. The lowest BCUT2D eigenvalue weighted by Crippen LogP contribution is -2.53. The maximum Gasteiger partial charge on any atom is 0.262 e. The summed E-state index contributed by atoms with van der Waals surface area (Å²) in [6, 6.07) is 4.61. The number of sulfonamides is 1. The molecule has 0 radical (unpaired) electrons. The molecule has 1 aliphatic heterocycles. The van der Waals surface area contributed by atoms with Crippen molar-refractivity contribution in [2.75, 3.05) is 46.9 Å². The van der Waals surface area contributed by atoms with Gasteiger partial charge in [-0.15, -0.1) is 0 Å². The molecule has 1 unspecified atom stereocenters. The number of ether oxygens (including phenoxy) is 1. The molecule has 31 heavy (non-hydrogen) atoms. The van der Waals surface area contributed by atoms with Gasteiger partial charge in [-0.3, -0.25) is 14.8 Å². The maximum absolute atomic E-state index is 13.4. The predicted octanol–water partition coefficient (Wildman–Crippen LogP) is 0.380. The largest absolute Gasteiger partial charge is 0.497 e. The van der Waals surface area contributed by atoms with Crippen LogP contribution in [0.25, 0.3) is 0 Å². The van der Waals surface area contributed by atoms with Gasteiger partial charge < -0.3 is 14.5 Å². The van der Waals surface area contributed by atoms with Crippen molar-refractivity contribution >= 4 is 21.8 Å². The Balaban J connectivity index is 2.31. The predicted molar refractivity (Wildman–Crippen MR) is 114 cm³/mol. The van der Waals surface area contributed by atoms with Crippen LogP contribution in [0, 0.1) is 5.92 Å². The van der Waals surface area contributed by atoms with Gasteiger partial charge in [-0.05, 0) is 37.2 Å². The molecule has 0 saturated carbocycles. The van der Waals surface area contributed by atoms with E-state index in [1.807, 2.05) is 7.05 Å². The van der Waals surface area contributed by atoms with Crippen molar-refractivity contribution in [2.24, 2.45) is 5.92 Å². The number of nitrogens with zero attached hydrogens (tertiary/aromatic N) is 3. The molecule has 11 heteroatoms. The van der Waals surface area contributed by atoms with E-state index in [0.717, 1.165) is 17.4 Å². The van der Waals surface area contributed by atoms with E-state index >= 15 is 0 Å². The Bertz CT molecular complexity index is 851. The number of hydrogen-bond acceptors (Lipinski definition) is 7. The first-order valence-corrected chi connectivity index (χ1v) is 11.6. The van der Waals surface area contributed by atoms with Gasteiger partial charge in [0.05, 0.1) is 12.0 Å². The number of carbonyl (C=O) groups excluding carboxylic acids is 2. The van der Waals surface area contributed by atoms with E-state index in [0.29, 0.717) is 18.8 Å². The van der Waals surface area contributed by atoms with E-state index in [-0.39, 0.29) is 23.8 Å². The van der Waals surface area contributed by atoms with Gasteiger partial charge in [-0.1, -0.05) is 13.8 Å². The van der Waals surface area contributed by atoms with Crippen molar-refractivity contribution in [2.45, 2.75) is 31.2 Å². The molecule has 174 valence electrons. The molecule has 2 rings (SSSR count). The first-order chi connectivity index (χ1) is 14.6. The SMILES string of the molecule is COc1ccc(S(=O)(=O)N(CCC(=O)N2CCN(C)CC2)C(C(=O)NO)C(C)C)cc1. The van der Waals surface area contributed by atoms with Gasteiger partial charge >= 0.3 is 0 Å². The summed E-state index contributed by atoms with van der Waals surface area (Å²) in [6.45, 7) is 5.83. The third-order valence-electron chi connectivity index (χ3n) is 5.39. The Morgan fingerprint density at radius 1 is 1.16 bits per heavy atom. The molecule has 0 aromatic heterocycles. The van der Waals surface area contributed by atoms with Gasteiger partial charge in [0.25, 0.3) is 5.91 Å². The fraction of sp³-hybridized carbons (Fsp3) is 0.600.